The minimum Gasteiger partial charge on any atom is -0.396 e. The second kappa shape index (κ2) is 6.94. The quantitative estimate of drug-likeness (QED) is 0.820. The van der Waals surface area contributed by atoms with Crippen molar-refractivity contribution in [2.45, 2.75) is 26.3 Å². The highest BCUT2D eigenvalue weighted by Crippen LogP contribution is 2.09. The molecule has 2 N–H and O–H groups in total. The first kappa shape index (κ1) is 15.1. The molecule has 112 valence electrons. The van der Waals surface area contributed by atoms with Crippen molar-refractivity contribution in [3.63, 3.8) is 0 Å². The van der Waals surface area contributed by atoms with E-state index in [4.69, 9.17) is 5.11 Å². The highest BCUT2D eigenvalue weighted by atomic mass is 16.3. The van der Waals surface area contributed by atoms with Gasteiger partial charge >= 0.3 is 0 Å². The van der Waals surface area contributed by atoms with Crippen LogP contribution in [0, 0.1) is 5.92 Å². The third kappa shape index (κ3) is 3.85. The number of hydrogen-bond acceptors (Lipinski definition) is 5. The number of aliphatic hydroxyl groups excluding tert-OH is 1. The van der Waals surface area contributed by atoms with Gasteiger partial charge in [0.25, 0.3) is 5.91 Å². The molecular weight excluding hydrogens is 270 g/mol. The molecule has 0 aliphatic heterocycles. The van der Waals surface area contributed by atoms with Gasteiger partial charge in [-0.2, -0.15) is 5.10 Å². The van der Waals surface area contributed by atoms with Gasteiger partial charge in [0.2, 0.25) is 0 Å². The monoisotopic (exact) mass is 289 g/mol. The molecule has 1 unspecified atom stereocenters. The summed E-state index contributed by atoms with van der Waals surface area (Å²) in [5.41, 5.74) is 0.499. The Morgan fingerprint density at radius 3 is 2.90 bits per heavy atom. The van der Waals surface area contributed by atoms with E-state index in [9.17, 15) is 4.79 Å². The summed E-state index contributed by atoms with van der Waals surface area (Å²) in [4.78, 5) is 20.3. The summed E-state index contributed by atoms with van der Waals surface area (Å²) in [6.45, 7) is 4.06. The van der Waals surface area contributed by atoms with E-state index >= 15 is 0 Å². The van der Waals surface area contributed by atoms with Crippen molar-refractivity contribution in [3.8, 4) is 5.82 Å². The largest absolute Gasteiger partial charge is 0.396 e. The maximum absolute atomic E-state index is 12.3. The van der Waals surface area contributed by atoms with Gasteiger partial charge in [0.1, 0.15) is 12.7 Å². The Balaban J connectivity index is 2.14. The van der Waals surface area contributed by atoms with E-state index < -0.39 is 0 Å². The van der Waals surface area contributed by atoms with Crippen LogP contribution in [0.25, 0.3) is 5.82 Å². The average Bonchev–Trinajstić information content (AvgIpc) is 3.01. The number of carbonyl (C=O) groups is 1. The summed E-state index contributed by atoms with van der Waals surface area (Å²) in [5, 5.41) is 16.0. The second-order valence-corrected chi connectivity index (χ2v) is 5.08. The van der Waals surface area contributed by atoms with E-state index in [1.165, 1.54) is 17.3 Å². The van der Waals surface area contributed by atoms with E-state index in [2.05, 4.69) is 20.4 Å². The van der Waals surface area contributed by atoms with Crippen LogP contribution >= 0.6 is 0 Å². The fraction of sp³-hybridized carbons (Fsp3) is 0.429. The third-order valence-corrected chi connectivity index (χ3v) is 3.22. The third-order valence-electron chi connectivity index (χ3n) is 3.22. The van der Waals surface area contributed by atoms with Crippen molar-refractivity contribution >= 4 is 5.91 Å². The summed E-state index contributed by atoms with van der Waals surface area (Å²) in [6.07, 6.45) is 5.02. The fourth-order valence-electron chi connectivity index (χ4n) is 1.97. The molecule has 21 heavy (non-hydrogen) atoms. The number of amides is 1. The highest BCUT2D eigenvalue weighted by molar-refractivity contribution is 5.94. The van der Waals surface area contributed by atoms with Crippen molar-refractivity contribution in [1.29, 1.82) is 0 Å². The molecule has 0 saturated carbocycles. The van der Waals surface area contributed by atoms with Crippen LogP contribution in [-0.4, -0.2) is 43.4 Å². The maximum atomic E-state index is 12.3. The molecule has 2 heterocycles. The van der Waals surface area contributed by atoms with Gasteiger partial charge in [-0.15, -0.1) is 0 Å². The number of hydrogen-bond donors (Lipinski definition) is 2. The van der Waals surface area contributed by atoms with E-state index in [1.807, 2.05) is 13.8 Å². The normalized spacial score (nSPS) is 12.4. The lowest BCUT2D eigenvalue weighted by Crippen LogP contribution is -2.39. The summed E-state index contributed by atoms with van der Waals surface area (Å²) >= 11 is 0. The van der Waals surface area contributed by atoms with Crippen LogP contribution in [0.4, 0.5) is 0 Å². The lowest BCUT2D eigenvalue weighted by atomic mass is 10.0. The zero-order valence-corrected chi connectivity index (χ0v) is 12.1. The zero-order valence-electron chi connectivity index (χ0n) is 12.1. The molecule has 0 fully saturated rings. The Hall–Kier alpha value is -2.28. The smallest absolute Gasteiger partial charge is 0.251 e. The number of aliphatic hydroxyl groups is 1. The first-order chi connectivity index (χ1) is 10.1. The van der Waals surface area contributed by atoms with E-state index in [0.717, 1.165) is 0 Å². The van der Waals surface area contributed by atoms with Gasteiger partial charge in [0.05, 0.1) is 0 Å². The molecule has 1 atom stereocenters. The highest BCUT2D eigenvalue weighted by Gasteiger charge is 2.17. The van der Waals surface area contributed by atoms with E-state index in [0.29, 0.717) is 17.8 Å². The molecule has 0 bridgehead atoms. The lowest BCUT2D eigenvalue weighted by Gasteiger charge is -2.21. The van der Waals surface area contributed by atoms with E-state index in [-0.39, 0.29) is 24.5 Å². The molecule has 0 aliphatic carbocycles. The van der Waals surface area contributed by atoms with Gasteiger partial charge in [0, 0.05) is 24.4 Å². The summed E-state index contributed by atoms with van der Waals surface area (Å²) in [5.74, 6) is 0.590. The SMILES string of the molecule is CC(C)C(CCO)NC(=O)c1ccnc(-n2cncn2)c1. The van der Waals surface area contributed by atoms with Gasteiger partial charge in [-0.3, -0.25) is 4.79 Å². The summed E-state index contributed by atoms with van der Waals surface area (Å²) < 4.78 is 1.49. The number of pyridine rings is 1. The maximum Gasteiger partial charge on any atom is 0.251 e. The van der Waals surface area contributed by atoms with Crippen LogP contribution in [0.3, 0.4) is 0 Å². The Morgan fingerprint density at radius 1 is 1.48 bits per heavy atom. The molecular formula is C14H19N5O2. The van der Waals surface area contributed by atoms with Crippen molar-refractivity contribution in [1.82, 2.24) is 25.1 Å². The minimum absolute atomic E-state index is 0.0453. The Morgan fingerprint density at radius 2 is 2.29 bits per heavy atom. The van der Waals surface area contributed by atoms with Crippen molar-refractivity contribution in [3.05, 3.63) is 36.5 Å². The predicted octanol–water partition coefficient (Wildman–Crippen LogP) is 0.799. The molecule has 0 saturated heterocycles. The van der Waals surface area contributed by atoms with Crippen molar-refractivity contribution < 1.29 is 9.90 Å². The van der Waals surface area contributed by atoms with Crippen LogP contribution in [-0.2, 0) is 0 Å². The number of rotatable bonds is 6. The first-order valence-electron chi connectivity index (χ1n) is 6.84. The Labute approximate surface area is 123 Å². The number of aromatic nitrogens is 4. The molecule has 0 aromatic carbocycles. The molecule has 2 aromatic rings. The van der Waals surface area contributed by atoms with Crippen LogP contribution in [0.1, 0.15) is 30.6 Å². The second-order valence-electron chi connectivity index (χ2n) is 5.08. The van der Waals surface area contributed by atoms with Gasteiger partial charge < -0.3 is 10.4 Å². The number of nitrogens with one attached hydrogen (secondary N) is 1. The molecule has 0 radical (unpaired) electrons. The van der Waals surface area contributed by atoms with Crippen LogP contribution < -0.4 is 5.32 Å². The number of nitrogens with zero attached hydrogens (tertiary/aromatic N) is 4. The van der Waals surface area contributed by atoms with Crippen molar-refractivity contribution in [2.75, 3.05) is 6.61 Å². The predicted molar refractivity (Wildman–Crippen MR) is 76.9 cm³/mol. The molecule has 2 aromatic heterocycles. The zero-order chi connectivity index (χ0) is 15.2. The minimum atomic E-state index is -0.189. The average molecular weight is 289 g/mol. The summed E-state index contributed by atoms with van der Waals surface area (Å²) in [7, 11) is 0. The van der Waals surface area contributed by atoms with E-state index in [1.54, 1.807) is 18.3 Å². The van der Waals surface area contributed by atoms with Crippen LogP contribution in [0.15, 0.2) is 31.0 Å². The van der Waals surface area contributed by atoms with Gasteiger partial charge in [0.15, 0.2) is 5.82 Å². The lowest BCUT2D eigenvalue weighted by molar-refractivity contribution is 0.0916. The fourth-order valence-corrected chi connectivity index (χ4v) is 1.97. The topological polar surface area (TPSA) is 92.9 Å². The molecule has 1 amide bonds. The molecule has 0 aliphatic rings. The molecule has 2 rings (SSSR count). The van der Waals surface area contributed by atoms with Crippen LogP contribution in [0.2, 0.25) is 0 Å². The molecule has 7 nitrogen and oxygen atoms in total. The number of carbonyl (C=O) groups excluding carboxylic acids is 1. The Kier molecular flexibility index (Phi) is 4.99. The summed E-state index contributed by atoms with van der Waals surface area (Å²) in [6, 6.07) is 3.23. The van der Waals surface area contributed by atoms with Crippen LogP contribution in [0.5, 0.6) is 0 Å². The van der Waals surface area contributed by atoms with Crippen molar-refractivity contribution in [2.24, 2.45) is 5.92 Å². The molecule has 7 heteroatoms. The van der Waals surface area contributed by atoms with Gasteiger partial charge in [-0.05, 0) is 24.5 Å². The van der Waals surface area contributed by atoms with Gasteiger partial charge in [-0.1, -0.05) is 13.8 Å². The standard InChI is InChI=1S/C14H19N5O2/c1-10(2)12(4-6-20)18-14(21)11-3-5-16-13(7-11)19-9-15-8-17-19/h3,5,7-10,12,20H,4,6H2,1-2H3,(H,18,21). The Bertz CT molecular complexity index is 583. The first-order valence-corrected chi connectivity index (χ1v) is 6.84. The van der Waals surface area contributed by atoms with Gasteiger partial charge in [-0.25, -0.2) is 14.6 Å². The molecule has 0 spiro atoms.